The fraction of sp³-hybridized carbons (Fsp3) is 0.125. The molecule has 0 heterocycles. The van der Waals surface area contributed by atoms with E-state index in [4.69, 9.17) is 23.2 Å². The maximum absolute atomic E-state index is 6.18. The van der Waals surface area contributed by atoms with E-state index in [1.165, 1.54) is 4.90 Å². The van der Waals surface area contributed by atoms with E-state index >= 15 is 0 Å². The van der Waals surface area contributed by atoms with Gasteiger partial charge in [0.05, 0.1) is 0 Å². The predicted octanol–water partition coefficient (Wildman–Crippen LogP) is 5.88. The van der Waals surface area contributed by atoms with E-state index in [1.54, 1.807) is 17.8 Å². The van der Waals surface area contributed by atoms with Crippen LogP contribution in [-0.4, -0.2) is 5.75 Å². The second-order valence-electron chi connectivity index (χ2n) is 4.19. The minimum atomic E-state index is 0.653. The normalized spacial score (nSPS) is 10.3. The fourth-order valence-electron chi connectivity index (χ4n) is 1.74. The molecule has 0 amide bonds. The number of hydrogen-bond acceptors (Lipinski definition) is 2. The number of hydrogen-bond donors (Lipinski definition) is 1. The Labute approximate surface area is 134 Å². The third-order valence-corrected chi connectivity index (χ3v) is 4.38. The molecular weight excluding hydrogens is 309 g/mol. The van der Waals surface area contributed by atoms with Crippen LogP contribution in [0.4, 0.5) is 5.69 Å². The van der Waals surface area contributed by atoms with Gasteiger partial charge in [-0.2, -0.15) is 0 Å². The van der Waals surface area contributed by atoms with Crippen molar-refractivity contribution >= 4 is 40.7 Å². The molecule has 20 heavy (non-hydrogen) atoms. The Bertz CT molecular complexity index is 599. The smallest absolute Gasteiger partial charge is 0.0481 e. The number of nitrogens with one attached hydrogen (secondary N) is 1. The van der Waals surface area contributed by atoms with Gasteiger partial charge < -0.3 is 5.32 Å². The van der Waals surface area contributed by atoms with Crippen molar-refractivity contribution in [3.8, 4) is 0 Å². The van der Waals surface area contributed by atoms with Crippen molar-refractivity contribution < 1.29 is 0 Å². The van der Waals surface area contributed by atoms with Crippen molar-refractivity contribution in [2.24, 2.45) is 0 Å². The van der Waals surface area contributed by atoms with Gasteiger partial charge in [0.2, 0.25) is 0 Å². The lowest BCUT2D eigenvalue weighted by molar-refractivity contribution is 1.13. The lowest BCUT2D eigenvalue weighted by Crippen LogP contribution is -2.01. The largest absolute Gasteiger partial charge is 0.380 e. The Kier molecular flexibility index (Phi) is 5.84. The van der Waals surface area contributed by atoms with Crippen LogP contribution < -0.4 is 5.32 Å². The molecule has 0 atom stereocenters. The zero-order valence-electron chi connectivity index (χ0n) is 10.9. The first-order valence-electron chi connectivity index (χ1n) is 6.21. The van der Waals surface area contributed by atoms with E-state index in [0.717, 1.165) is 17.0 Å². The summed E-state index contributed by atoms with van der Waals surface area (Å²) in [6.07, 6.45) is 1.90. The van der Waals surface area contributed by atoms with Crippen LogP contribution in [0.2, 0.25) is 10.0 Å². The summed E-state index contributed by atoms with van der Waals surface area (Å²) < 4.78 is 0. The molecule has 2 rings (SSSR count). The summed E-state index contributed by atoms with van der Waals surface area (Å²) in [7, 11) is 0. The summed E-state index contributed by atoms with van der Waals surface area (Å²) in [6, 6.07) is 13.8. The standard InChI is InChI=1S/C16H15Cl2NS/c1-2-9-20-16-6-4-3-5-15(16)19-11-12-7-8-13(17)10-14(12)18/h2-8,10,19H,1,9,11H2. The highest BCUT2D eigenvalue weighted by Crippen LogP contribution is 2.28. The van der Waals surface area contributed by atoms with Gasteiger partial charge in [0.15, 0.2) is 0 Å². The third kappa shape index (κ3) is 4.20. The van der Waals surface area contributed by atoms with E-state index < -0.39 is 0 Å². The summed E-state index contributed by atoms with van der Waals surface area (Å²) in [5.74, 6) is 0.889. The molecule has 1 N–H and O–H groups in total. The van der Waals surface area contributed by atoms with Gasteiger partial charge in [-0.1, -0.05) is 47.5 Å². The van der Waals surface area contributed by atoms with Crippen LogP contribution in [0.15, 0.2) is 60.0 Å². The second kappa shape index (κ2) is 7.63. The lowest BCUT2D eigenvalue weighted by atomic mass is 10.2. The number of halogens is 2. The molecule has 0 aliphatic heterocycles. The van der Waals surface area contributed by atoms with E-state index in [9.17, 15) is 0 Å². The minimum absolute atomic E-state index is 0.653. The van der Waals surface area contributed by atoms with Crippen molar-refractivity contribution in [3.05, 3.63) is 70.7 Å². The minimum Gasteiger partial charge on any atom is -0.380 e. The lowest BCUT2D eigenvalue weighted by Gasteiger charge is -2.12. The zero-order valence-corrected chi connectivity index (χ0v) is 13.2. The van der Waals surface area contributed by atoms with Crippen LogP contribution in [0.3, 0.4) is 0 Å². The Balaban J connectivity index is 2.08. The van der Waals surface area contributed by atoms with Crippen molar-refractivity contribution in [2.45, 2.75) is 11.4 Å². The van der Waals surface area contributed by atoms with E-state index in [0.29, 0.717) is 16.6 Å². The fourth-order valence-corrected chi connectivity index (χ4v) is 2.99. The third-order valence-electron chi connectivity index (χ3n) is 2.73. The van der Waals surface area contributed by atoms with Crippen molar-refractivity contribution in [1.29, 1.82) is 0 Å². The van der Waals surface area contributed by atoms with Crippen LogP contribution in [-0.2, 0) is 6.54 Å². The number of thioether (sulfide) groups is 1. The molecule has 0 aromatic heterocycles. The first-order chi connectivity index (χ1) is 9.70. The summed E-state index contributed by atoms with van der Waals surface area (Å²) >= 11 is 13.8. The molecule has 0 aliphatic rings. The van der Waals surface area contributed by atoms with Crippen molar-refractivity contribution in [3.63, 3.8) is 0 Å². The molecule has 2 aromatic rings. The summed E-state index contributed by atoms with van der Waals surface area (Å²) in [4.78, 5) is 1.21. The Morgan fingerprint density at radius 2 is 1.95 bits per heavy atom. The molecule has 0 fully saturated rings. The van der Waals surface area contributed by atoms with Crippen molar-refractivity contribution in [2.75, 3.05) is 11.1 Å². The van der Waals surface area contributed by atoms with Crippen LogP contribution in [0.5, 0.6) is 0 Å². The van der Waals surface area contributed by atoms with E-state index in [-0.39, 0.29) is 0 Å². The van der Waals surface area contributed by atoms with Gasteiger partial charge in [-0.05, 0) is 29.8 Å². The molecule has 1 nitrogen and oxygen atoms in total. The SMILES string of the molecule is C=CCSc1ccccc1NCc1ccc(Cl)cc1Cl. The van der Waals surface area contributed by atoms with Gasteiger partial charge in [0.25, 0.3) is 0 Å². The van der Waals surface area contributed by atoms with E-state index in [2.05, 4.69) is 24.0 Å². The second-order valence-corrected chi connectivity index (χ2v) is 6.09. The molecule has 0 saturated carbocycles. The molecule has 104 valence electrons. The topological polar surface area (TPSA) is 12.0 Å². The Morgan fingerprint density at radius 1 is 1.15 bits per heavy atom. The van der Waals surface area contributed by atoms with Crippen molar-refractivity contribution in [1.82, 2.24) is 0 Å². The molecule has 0 saturated heterocycles. The maximum atomic E-state index is 6.18. The molecule has 0 aliphatic carbocycles. The van der Waals surface area contributed by atoms with Gasteiger partial charge in [0, 0.05) is 32.9 Å². The first kappa shape index (κ1) is 15.3. The molecule has 2 aromatic carbocycles. The summed E-state index contributed by atoms with van der Waals surface area (Å²) in [5, 5.41) is 4.75. The highest BCUT2D eigenvalue weighted by Gasteiger charge is 2.04. The van der Waals surface area contributed by atoms with Crippen LogP contribution in [0.25, 0.3) is 0 Å². The van der Waals surface area contributed by atoms with Crippen LogP contribution >= 0.6 is 35.0 Å². The number of para-hydroxylation sites is 1. The highest BCUT2D eigenvalue weighted by atomic mass is 35.5. The number of anilines is 1. The average molecular weight is 324 g/mol. The van der Waals surface area contributed by atoms with Crippen LogP contribution in [0.1, 0.15) is 5.56 Å². The van der Waals surface area contributed by atoms with Gasteiger partial charge >= 0.3 is 0 Å². The first-order valence-corrected chi connectivity index (χ1v) is 7.95. The molecule has 0 unspecified atom stereocenters. The van der Waals surface area contributed by atoms with Gasteiger partial charge in [-0.3, -0.25) is 0 Å². The molecule has 0 radical (unpaired) electrons. The molecular formula is C16H15Cl2NS. The quantitative estimate of drug-likeness (QED) is 0.526. The average Bonchev–Trinajstić information content (AvgIpc) is 2.45. The predicted molar refractivity (Wildman–Crippen MR) is 91.2 cm³/mol. The van der Waals surface area contributed by atoms with Gasteiger partial charge in [0.1, 0.15) is 0 Å². The molecule has 0 spiro atoms. The molecule has 4 heteroatoms. The number of rotatable bonds is 6. The van der Waals surface area contributed by atoms with E-state index in [1.807, 2.05) is 30.3 Å². The zero-order chi connectivity index (χ0) is 14.4. The maximum Gasteiger partial charge on any atom is 0.0481 e. The molecule has 0 bridgehead atoms. The Morgan fingerprint density at radius 3 is 2.70 bits per heavy atom. The summed E-state index contributed by atoms with van der Waals surface area (Å²) in [6.45, 7) is 4.42. The van der Waals surface area contributed by atoms with Gasteiger partial charge in [-0.15, -0.1) is 18.3 Å². The number of benzene rings is 2. The van der Waals surface area contributed by atoms with Crippen LogP contribution in [0, 0.1) is 0 Å². The highest BCUT2D eigenvalue weighted by molar-refractivity contribution is 7.99. The summed E-state index contributed by atoms with van der Waals surface area (Å²) in [5.41, 5.74) is 2.13. The Hall–Kier alpha value is -1.09. The monoisotopic (exact) mass is 323 g/mol. The van der Waals surface area contributed by atoms with Gasteiger partial charge in [-0.25, -0.2) is 0 Å².